The molecule has 48 heavy (non-hydrogen) atoms. The molecule has 0 unspecified atom stereocenters. The second kappa shape index (κ2) is 11.4. The van der Waals surface area contributed by atoms with E-state index in [1.165, 1.54) is 12.6 Å². The first-order valence-corrected chi connectivity index (χ1v) is 17.2. The highest BCUT2D eigenvalue weighted by Crippen LogP contribution is 2.52. The molecule has 1 aromatic carbocycles. The van der Waals surface area contributed by atoms with Crippen LogP contribution in [0.3, 0.4) is 0 Å². The molecule has 0 atom stereocenters. The molecule has 0 radical (unpaired) electrons. The monoisotopic (exact) mass is 650 g/mol. The molecule has 0 bridgehead atoms. The predicted octanol–water partition coefficient (Wildman–Crippen LogP) is 6.06. The fourth-order valence-corrected chi connectivity index (χ4v) is 8.43. The number of carbonyl (C=O) groups excluding carboxylic acids is 2. The number of pyridine rings is 2. The van der Waals surface area contributed by atoms with Crippen molar-refractivity contribution in [3.05, 3.63) is 60.4 Å². The molecule has 2 saturated heterocycles. The minimum atomic E-state index is -0.632. The van der Waals surface area contributed by atoms with Crippen LogP contribution in [0.2, 0.25) is 0 Å². The molecule has 3 aromatic heterocycles. The van der Waals surface area contributed by atoms with Gasteiger partial charge in [0.2, 0.25) is 12.3 Å². The SMILES string of the molecule is CC(C)n1cnc2cc(-c3ccc4c(c3)N(C3CC(N5CCC(C)(C)C5)C3)C(=O)C43CCN(C=O)CC3)nc(Nc3ccncc3F)c21. The largest absolute Gasteiger partial charge is 0.345 e. The van der Waals surface area contributed by atoms with Gasteiger partial charge in [-0.3, -0.25) is 19.5 Å². The highest BCUT2D eigenvalue weighted by atomic mass is 19.1. The number of anilines is 3. The van der Waals surface area contributed by atoms with Crippen molar-refractivity contribution in [3.63, 3.8) is 0 Å². The van der Waals surface area contributed by atoms with Gasteiger partial charge in [0, 0.05) is 55.2 Å². The van der Waals surface area contributed by atoms with Gasteiger partial charge in [-0.1, -0.05) is 26.0 Å². The maximum Gasteiger partial charge on any atom is 0.238 e. The molecule has 1 saturated carbocycles. The van der Waals surface area contributed by atoms with Crippen LogP contribution in [0.1, 0.15) is 71.4 Å². The van der Waals surface area contributed by atoms with E-state index in [0.29, 0.717) is 48.9 Å². The topological polar surface area (TPSA) is 99.5 Å². The summed E-state index contributed by atoms with van der Waals surface area (Å²) in [5.74, 6) is 0.197. The van der Waals surface area contributed by atoms with E-state index < -0.39 is 11.2 Å². The minimum Gasteiger partial charge on any atom is -0.345 e. The van der Waals surface area contributed by atoms with E-state index in [9.17, 15) is 14.0 Å². The molecule has 4 aromatic rings. The van der Waals surface area contributed by atoms with Gasteiger partial charge in [-0.05, 0) is 81.7 Å². The Labute approximate surface area is 280 Å². The zero-order valence-electron chi connectivity index (χ0n) is 28.1. The first-order chi connectivity index (χ1) is 23.1. The molecular formula is C37H43FN8O2. The number of nitrogens with one attached hydrogen (secondary N) is 1. The molecule has 3 fully saturated rings. The van der Waals surface area contributed by atoms with Crippen molar-refractivity contribution in [2.45, 2.75) is 83.3 Å². The Morgan fingerprint density at radius 3 is 2.52 bits per heavy atom. The minimum absolute atomic E-state index is 0.116. The van der Waals surface area contributed by atoms with Gasteiger partial charge in [0.05, 0.1) is 34.8 Å². The van der Waals surface area contributed by atoms with Crippen molar-refractivity contribution in [1.82, 2.24) is 29.3 Å². The number of carbonyl (C=O) groups is 2. The first kappa shape index (κ1) is 30.9. The van der Waals surface area contributed by atoms with Gasteiger partial charge in [0.1, 0.15) is 5.52 Å². The van der Waals surface area contributed by atoms with Gasteiger partial charge in [0.25, 0.3) is 0 Å². The normalized spacial score (nSPS) is 23.2. The Morgan fingerprint density at radius 2 is 1.83 bits per heavy atom. The fraction of sp³-hybridized carbons (Fsp3) is 0.486. The number of benzene rings is 1. The van der Waals surface area contributed by atoms with Crippen LogP contribution in [-0.2, 0) is 15.0 Å². The van der Waals surface area contributed by atoms with E-state index in [-0.39, 0.29) is 23.7 Å². The quantitative estimate of drug-likeness (QED) is 0.243. The maximum atomic E-state index is 14.8. The number of imidazole rings is 1. The maximum absolute atomic E-state index is 14.8. The second-order valence-corrected chi connectivity index (χ2v) is 15.2. The molecule has 1 spiro atoms. The van der Waals surface area contributed by atoms with Crippen molar-refractivity contribution in [3.8, 4) is 11.3 Å². The van der Waals surface area contributed by atoms with Crippen LogP contribution < -0.4 is 10.2 Å². The molecule has 8 rings (SSSR count). The van der Waals surface area contributed by atoms with Crippen LogP contribution >= 0.6 is 0 Å². The van der Waals surface area contributed by atoms with Crippen LogP contribution in [0.15, 0.2) is 49.1 Å². The highest BCUT2D eigenvalue weighted by molar-refractivity contribution is 6.09. The number of hydrogen-bond donors (Lipinski definition) is 1. The van der Waals surface area contributed by atoms with Crippen molar-refractivity contribution in [2.75, 3.05) is 36.4 Å². The lowest BCUT2D eigenvalue weighted by Gasteiger charge is -2.46. The smallest absolute Gasteiger partial charge is 0.238 e. The fourth-order valence-electron chi connectivity index (χ4n) is 8.43. The number of piperidine rings is 1. The van der Waals surface area contributed by atoms with E-state index in [4.69, 9.17) is 9.97 Å². The molecule has 1 N–H and O–H groups in total. The molecule has 11 heteroatoms. The standard InChI is InChI=1S/C37H43FN8O2/c1-23(2)45-21-40-31-18-30(42-34(33(31)45)41-29-7-11-39-19-28(29)38)24-5-6-27-32(15-24)46(35(48)37(27)9-12-43(22-47)13-10-37)26-16-25(17-26)44-14-8-36(3,4)20-44/h5-7,11,15,18-19,21-23,25-26H,8-10,12-14,16-17,20H2,1-4H3,(H,39,41,42). The number of nitrogens with zero attached hydrogens (tertiary/aromatic N) is 7. The molecule has 6 heterocycles. The summed E-state index contributed by atoms with van der Waals surface area (Å²) in [6.45, 7) is 12.2. The summed E-state index contributed by atoms with van der Waals surface area (Å²) < 4.78 is 16.8. The number of fused-ring (bicyclic) bond motifs is 3. The van der Waals surface area contributed by atoms with Crippen molar-refractivity contribution < 1.29 is 14.0 Å². The Bertz CT molecular complexity index is 1910. The molecule has 4 aliphatic rings. The average molecular weight is 651 g/mol. The molecule has 10 nitrogen and oxygen atoms in total. The number of likely N-dealkylation sites (tertiary alicyclic amines) is 2. The Morgan fingerprint density at radius 1 is 1.04 bits per heavy atom. The van der Waals surface area contributed by atoms with Gasteiger partial charge in [-0.2, -0.15) is 0 Å². The first-order valence-electron chi connectivity index (χ1n) is 17.2. The number of hydrogen-bond acceptors (Lipinski definition) is 7. The average Bonchev–Trinajstić information content (AvgIpc) is 3.71. The van der Waals surface area contributed by atoms with Gasteiger partial charge < -0.3 is 19.7 Å². The lowest BCUT2D eigenvalue weighted by atomic mass is 9.73. The summed E-state index contributed by atoms with van der Waals surface area (Å²) in [7, 11) is 0. The van der Waals surface area contributed by atoms with E-state index in [1.807, 2.05) is 16.7 Å². The summed E-state index contributed by atoms with van der Waals surface area (Å²) in [5.41, 5.74) is 5.07. The van der Waals surface area contributed by atoms with Crippen LogP contribution in [0, 0.1) is 11.2 Å². The molecule has 3 aliphatic heterocycles. The van der Waals surface area contributed by atoms with E-state index in [1.54, 1.807) is 23.5 Å². The molecule has 2 amide bonds. The van der Waals surface area contributed by atoms with Gasteiger partial charge in [0.15, 0.2) is 11.6 Å². The Balaban J connectivity index is 1.19. The Hall–Kier alpha value is -4.38. The third-order valence-corrected chi connectivity index (χ3v) is 11.3. The van der Waals surface area contributed by atoms with Crippen molar-refractivity contribution in [2.24, 2.45) is 5.41 Å². The lowest BCUT2D eigenvalue weighted by molar-refractivity contribution is -0.128. The van der Waals surface area contributed by atoms with Crippen LogP contribution in [0.25, 0.3) is 22.3 Å². The molecular weight excluding hydrogens is 607 g/mol. The third kappa shape index (κ3) is 4.96. The number of halogens is 1. The highest BCUT2D eigenvalue weighted by Gasteiger charge is 2.55. The van der Waals surface area contributed by atoms with Crippen LogP contribution in [0.5, 0.6) is 0 Å². The predicted molar refractivity (Wildman–Crippen MR) is 184 cm³/mol. The van der Waals surface area contributed by atoms with Crippen LogP contribution in [-0.4, -0.2) is 79.9 Å². The number of rotatable bonds is 7. The second-order valence-electron chi connectivity index (χ2n) is 15.2. The van der Waals surface area contributed by atoms with Crippen molar-refractivity contribution in [1.29, 1.82) is 0 Å². The summed E-state index contributed by atoms with van der Waals surface area (Å²) in [6, 6.07) is 10.6. The van der Waals surface area contributed by atoms with E-state index in [0.717, 1.165) is 60.2 Å². The lowest BCUT2D eigenvalue weighted by Crippen LogP contribution is -2.57. The summed E-state index contributed by atoms with van der Waals surface area (Å²) in [6.07, 6.45) is 9.78. The third-order valence-electron chi connectivity index (χ3n) is 11.3. The zero-order chi connectivity index (χ0) is 33.4. The molecule has 250 valence electrons. The number of aromatic nitrogens is 4. The summed E-state index contributed by atoms with van der Waals surface area (Å²) in [4.78, 5) is 46.4. The molecule has 1 aliphatic carbocycles. The van der Waals surface area contributed by atoms with Gasteiger partial charge in [-0.25, -0.2) is 14.4 Å². The van der Waals surface area contributed by atoms with E-state index >= 15 is 0 Å². The van der Waals surface area contributed by atoms with E-state index in [2.05, 4.69) is 59.9 Å². The zero-order valence-corrected chi connectivity index (χ0v) is 28.1. The van der Waals surface area contributed by atoms with Crippen LogP contribution in [0.4, 0.5) is 21.6 Å². The number of amides is 2. The summed E-state index contributed by atoms with van der Waals surface area (Å²) in [5, 5.41) is 3.22. The van der Waals surface area contributed by atoms with Gasteiger partial charge >= 0.3 is 0 Å². The van der Waals surface area contributed by atoms with Crippen molar-refractivity contribution >= 4 is 40.5 Å². The summed E-state index contributed by atoms with van der Waals surface area (Å²) >= 11 is 0. The Kier molecular flexibility index (Phi) is 7.32. The van der Waals surface area contributed by atoms with Gasteiger partial charge in [-0.15, -0.1) is 0 Å².